The molecule has 1 rings (SSSR count). The van der Waals surface area contributed by atoms with Crippen molar-refractivity contribution >= 4 is 5.91 Å². The van der Waals surface area contributed by atoms with Crippen molar-refractivity contribution in [1.82, 2.24) is 10.6 Å². The molecule has 2 N–H and O–H groups in total. The first-order chi connectivity index (χ1) is 9.18. The van der Waals surface area contributed by atoms with Crippen LogP contribution in [-0.4, -0.2) is 25.5 Å². The van der Waals surface area contributed by atoms with Crippen molar-refractivity contribution < 1.29 is 4.79 Å². The lowest BCUT2D eigenvalue weighted by Crippen LogP contribution is -2.35. The smallest absolute Gasteiger partial charge is 0.233 e. The maximum atomic E-state index is 11.5. The second-order valence-corrected chi connectivity index (χ2v) is 5.30. The number of rotatable bonds is 9. The Bertz CT molecular complexity index is 349. The fourth-order valence-electron chi connectivity index (χ4n) is 1.83. The summed E-state index contributed by atoms with van der Waals surface area (Å²) in [4.78, 5) is 11.5. The van der Waals surface area contributed by atoms with Crippen LogP contribution in [0.25, 0.3) is 0 Å². The zero-order valence-electron chi connectivity index (χ0n) is 12.1. The van der Waals surface area contributed by atoms with Gasteiger partial charge in [-0.3, -0.25) is 4.79 Å². The van der Waals surface area contributed by atoms with E-state index >= 15 is 0 Å². The molecule has 0 aliphatic heterocycles. The Morgan fingerprint density at radius 1 is 1.16 bits per heavy atom. The third-order valence-corrected chi connectivity index (χ3v) is 2.99. The van der Waals surface area contributed by atoms with Crippen molar-refractivity contribution in [2.24, 2.45) is 5.92 Å². The van der Waals surface area contributed by atoms with Gasteiger partial charge in [0.05, 0.1) is 6.54 Å². The Kier molecular flexibility index (Phi) is 7.91. The molecule has 0 bridgehead atoms. The van der Waals surface area contributed by atoms with Crippen LogP contribution in [0, 0.1) is 5.92 Å². The lowest BCUT2D eigenvalue weighted by molar-refractivity contribution is -0.120. The third-order valence-electron chi connectivity index (χ3n) is 2.99. The highest BCUT2D eigenvalue weighted by Gasteiger charge is 2.00. The van der Waals surface area contributed by atoms with Crippen LogP contribution in [-0.2, 0) is 11.2 Å². The van der Waals surface area contributed by atoms with Crippen LogP contribution in [0.3, 0.4) is 0 Å². The van der Waals surface area contributed by atoms with E-state index in [0.29, 0.717) is 12.5 Å². The minimum Gasteiger partial charge on any atom is -0.355 e. The molecular formula is C16H26N2O. The molecule has 0 atom stereocenters. The maximum absolute atomic E-state index is 11.5. The summed E-state index contributed by atoms with van der Waals surface area (Å²) in [6.07, 6.45) is 3.16. The summed E-state index contributed by atoms with van der Waals surface area (Å²) in [6.45, 7) is 6.41. The van der Waals surface area contributed by atoms with Gasteiger partial charge >= 0.3 is 0 Å². The Hall–Kier alpha value is -1.35. The van der Waals surface area contributed by atoms with Crippen LogP contribution in [0.1, 0.15) is 32.3 Å². The molecule has 0 saturated carbocycles. The number of benzene rings is 1. The van der Waals surface area contributed by atoms with E-state index in [1.54, 1.807) is 0 Å². The Morgan fingerprint density at radius 2 is 1.89 bits per heavy atom. The Balaban J connectivity index is 1.97. The fraction of sp³-hybridized carbons (Fsp3) is 0.562. The molecule has 0 heterocycles. The summed E-state index contributed by atoms with van der Waals surface area (Å²) in [6, 6.07) is 10.4. The van der Waals surface area contributed by atoms with E-state index in [4.69, 9.17) is 0 Å². The van der Waals surface area contributed by atoms with Crippen LogP contribution >= 0.6 is 0 Å². The van der Waals surface area contributed by atoms with Gasteiger partial charge in [0.25, 0.3) is 0 Å². The van der Waals surface area contributed by atoms with E-state index in [1.165, 1.54) is 5.56 Å². The SMILES string of the molecule is CC(C)CCNC(=O)CNCCCc1ccccc1. The topological polar surface area (TPSA) is 41.1 Å². The number of hydrogen-bond acceptors (Lipinski definition) is 2. The summed E-state index contributed by atoms with van der Waals surface area (Å²) in [5, 5.41) is 6.10. The fourth-order valence-corrected chi connectivity index (χ4v) is 1.83. The normalized spacial score (nSPS) is 10.7. The first-order valence-electron chi connectivity index (χ1n) is 7.20. The van der Waals surface area contributed by atoms with Crippen molar-refractivity contribution in [1.29, 1.82) is 0 Å². The molecule has 19 heavy (non-hydrogen) atoms. The molecule has 1 amide bonds. The predicted octanol–water partition coefficient (Wildman–Crippen LogP) is 2.37. The van der Waals surface area contributed by atoms with Gasteiger partial charge in [0.2, 0.25) is 5.91 Å². The van der Waals surface area contributed by atoms with Crippen LogP contribution in [0.4, 0.5) is 0 Å². The lowest BCUT2D eigenvalue weighted by atomic mass is 10.1. The highest BCUT2D eigenvalue weighted by Crippen LogP contribution is 2.01. The largest absolute Gasteiger partial charge is 0.355 e. The average Bonchev–Trinajstić information content (AvgIpc) is 2.39. The van der Waals surface area contributed by atoms with Gasteiger partial charge < -0.3 is 10.6 Å². The van der Waals surface area contributed by atoms with Gasteiger partial charge in [0.1, 0.15) is 0 Å². The number of hydrogen-bond donors (Lipinski definition) is 2. The zero-order chi connectivity index (χ0) is 13.9. The van der Waals surface area contributed by atoms with Gasteiger partial charge in [-0.2, -0.15) is 0 Å². The molecule has 3 heteroatoms. The molecule has 1 aromatic carbocycles. The Labute approximate surface area is 116 Å². The number of carbonyl (C=O) groups excluding carboxylic acids is 1. The quantitative estimate of drug-likeness (QED) is 0.671. The number of amides is 1. The van der Waals surface area contributed by atoms with Crippen molar-refractivity contribution in [3.05, 3.63) is 35.9 Å². The van der Waals surface area contributed by atoms with E-state index in [2.05, 4.69) is 48.7 Å². The van der Waals surface area contributed by atoms with Crippen molar-refractivity contribution in [3.8, 4) is 0 Å². The molecule has 0 fully saturated rings. The van der Waals surface area contributed by atoms with Gasteiger partial charge in [-0.15, -0.1) is 0 Å². The molecule has 0 unspecified atom stereocenters. The molecule has 0 aliphatic rings. The average molecular weight is 262 g/mol. The molecule has 106 valence electrons. The Morgan fingerprint density at radius 3 is 2.58 bits per heavy atom. The van der Waals surface area contributed by atoms with Gasteiger partial charge in [-0.25, -0.2) is 0 Å². The van der Waals surface area contributed by atoms with Gasteiger partial charge in [0.15, 0.2) is 0 Å². The molecule has 0 radical (unpaired) electrons. The monoisotopic (exact) mass is 262 g/mol. The molecule has 1 aromatic rings. The van der Waals surface area contributed by atoms with Crippen molar-refractivity contribution in [2.75, 3.05) is 19.6 Å². The third kappa shape index (κ3) is 8.38. The van der Waals surface area contributed by atoms with Gasteiger partial charge in [-0.05, 0) is 37.3 Å². The van der Waals surface area contributed by atoms with E-state index < -0.39 is 0 Å². The predicted molar refractivity (Wildman–Crippen MR) is 80.1 cm³/mol. The molecule has 0 aromatic heterocycles. The molecule has 0 aliphatic carbocycles. The second kappa shape index (κ2) is 9.56. The van der Waals surface area contributed by atoms with Gasteiger partial charge in [0, 0.05) is 6.54 Å². The van der Waals surface area contributed by atoms with Crippen LogP contribution in [0.2, 0.25) is 0 Å². The summed E-state index contributed by atoms with van der Waals surface area (Å²) in [7, 11) is 0. The minimum atomic E-state index is 0.0976. The maximum Gasteiger partial charge on any atom is 0.233 e. The summed E-state index contributed by atoms with van der Waals surface area (Å²) < 4.78 is 0. The number of nitrogens with one attached hydrogen (secondary N) is 2. The van der Waals surface area contributed by atoms with E-state index in [9.17, 15) is 4.79 Å². The number of carbonyl (C=O) groups is 1. The highest BCUT2D eigenvalue weighted by molar-refractivity contribution is 5.77. The van der Waals surface area contributed by atoms with E-state index in [0.717, 1.165) is 32.4 Å². The van der Waals surface area contributed by atoms with Crippen LogP contribution < -0.4 is 10.6 Å². The first-order valence-corrected chi connectivity index (χ1v) is 7.20. The second-order valence-electron chi connectivity index (χ2n) is 5.30. The molecule has 0 saturated heterocycles. The summed E-state index contributed by atoms with van der Waals surface area (Å²) in [5.41, 5.74) is 1.35. The number of aryl methyl sites for hydroxylation is 1. The van der Waals surface area contributed by atoms with Crippen LogP contribution in [0.5, 0.6) is 0 Å². The molecular weight excluding hydrogens is 236 g/mol. The zero-order valence-corrected chi connectivity index (χ0v) is 12.1. The van der Waals surface area contributed by atoms with E-state index in [1.807, 2.05) is 6.07 Å². The van der Waals surface area contributed by atoms with Crippen molar-refractivity contribution in [3.63, 3.8) is 0 Å². The summed E-state index contributed by atoms with van der Waals surface area (Å²) >= 11 is 0. The van der Waals surface area contributed by atoms with Gasteiger partial charge in [-0.1, -0.05) is 44.2 Å². The lowest BCUT2D eigenvalue weighted by Gasteiger charge is -2.08. The first kappa shape index (κ1) is 15.7. The minimum absolute atomic E-state index is 0.0976. The highest BCUT2D eigenvalue weighted by atomic mass is 16.1. The molecule has 0 spiro atoms. The summed E-state index contributed by atoms with van der Waals surface area (Å²) in [5.74, 6) is 0.736. The van der Waals surface area contributed by atoms with Crippen molar-refractivity contribution in [2.45, 2.75) is 33.1 Å². The standard InChI is InChI=1S/C16H26N2O/c1-14(2)10-12-18-16(19)13-17-11-6-9-15-7-4-3-5-8-15/h3-5,7-8,14,17H,6,9-13H2,1-2H3,(H,18,19). The van der Waals surface area contributed by atoms with Crippen LogP contribution in [0.15, 0.2) is 30.3 Å². The van der Waals surface area contributed by atoms with E-state index in [-0.39, 0.29) is 5.91 Å². The molecule has 3 nitrogen and oxygen atoms in total.